The van der Waals surface area contributed by atoms with Crippen LogP contribution in [0.15, 0.2) is 24.3 Å². The van der Waals surface area contributed by atoms with Gasteiger partial charge in [0.05, 0.1) is 17.3 Å². The summed E-state index contributed by atoms with van der Waals surface area (Å²) in [5.74, 6) is -1.87. The molecule has 0 bridgehead atoms. The van der Waals surface area contributed by atoms with Crippen LogP contribution in [0.5, 0.6) is 0 Å². The number of para-hydroxylation sites is 1. The number of carbonyl (C=O) groups is 2. The second kappa shape index (κ2) is 7.02. The molecule has 0 aliphatic heterocycles. The summed E-state index contributed by atoms with van der Waals surface area (Å²) in [6.07, 6.45) is 2.76. The van der Waals surface area contributed by atoms with E-state index in [-0.39, 0.29) is 18.0 Å². The minimum absolute atomic E-state index is 0.101. The Hall–Kier alpha value is -2.44. The van der Waals surface area contributed by atoms with Gasteiger partial charge in [-0.3, -0.25) is 19.7 Å². The van der Waals surface area contributed by atoms with Crippen molar-refractivity contribution in [2.24, 2.45) is 5.92 Å². The summed E-state index contributed by atoms with van der Waals surface area (Å²) in [6.45, 7) is 0. The molecule has 0 radical (unpaired) electrons. The maximum Gasteiger partial charge on any atom is 0.308 e. The zero-order chi connectivity index (χ0) is 16.1. The lowest BCUT2D eigenvalue weighted by atomic mass is 9.84. The molecule has 2 rings (SSSR count). The van der Waals surface area contributed by atoms with Crippen LogP contribution in [0.25, 0.3) is 0 Å². The van der Waals surface area contributed by atoms with E-state index in [1.807, 2.05) is 0 Å². The third kappa shape index (κ3) is 3.81. The molecule has 1 saturated carbocycles. The quantitative estimate of drug-likeness (QED) is 0.637. The maximum absolute atomic E-state index is 12.1. The first-order valence-electron chi connectivity index (χ1n) is 7.23. The minimum atomic E-state index is -0.907. The SMILES string of the molecule is O=C(Cc1ccccc1[N+](=O)[O-])N[C@@H]1CCCC[C@@H]1C(=O)O. The van der Waals surface area contributed by atoms with Gasteiger partial charge in [0.1, 0.15) is 0 Å². The normalized spacial score (nSPS) is 21.1. The molecular formula is C15H18N2O5. The monoisotopic (exact) mass is 306 g/mol. The Morgan fingerprint density at radius 3 is 2.64 bits per heavy atom. The molecule has 0 spiro atoms. The zero-order valence-electron chi connectivity index (χ0n) is 12.0. The Labute approximate surface area is 127 Å². The molecule has 7 nitrogen and oxygen atoms in total. The average Bonchev–Trinajstić information content (AvgIpc) is 2.47. The summed E-state index contributed by atoms with van der Waals surface area (Å²) in [4.78, 5) is 33.7. The van der Waals surface area contributed by atoms with E-state index >= 15 is 0 Å². The smallest absolute Gasteiger partial charge is 0.308 e. The summed E-state index contributed by atoms with van der Waals surface area (Å²) in [5, 5.41) is 22.8. The van der Waals surface area contributed by atoms with Gasteiger partial charge in [-0.1, -0.05) is 31.0 Å². The number of hydrogen-bond acceptors (Lipinski definition) is 4. The number of carboxylic acids is 1. The molecule has 1 aliphatic carbocycles. The molecule has 7 heteroatoms. The Morgan fingerprint density at radius 1 is 1.27 bits per heavy atom. The van der Waals surface area contributed by atoms with Crippen molar-refractivity contribution >= 4 is 17.6 Å². The predicted molar refractivity (Wildman–Crippen MR) is 78.3 cm³/mol. The van der Waals surface area contributed by atoms with Gasteiger partial charge in [0.2, 0.25) is 5.91 Å². The molecule has 118 valence electrons. The fourth-order valence-electron chi connectivity index (χ4n) is 2.87. The van der Waals surface area contributed by atoms with Crippen molar-refractivity contribution in [3.63, 3.8) is 0 Å². The minimum Gasteiger partial charge on any atom is -0.481 e. The highest BCUT2D eigenvalue weighted by molar-refractivity contribution is 5.81. The van der Waals surface area contributed by atoms with Crippen LogP contribution in [0.3, 0.4) is 0 Å². The number of benzene rings is 1. The fourth-order valence-corrected chi connectivity index (χ4v) is 2.87. The summed E-state index contributed by atoms with van der Waals surface area (Å²) in [5.41, 5.74) is 0.226. The van der Waals surface area contributed by atoms with Crippen LogP contribution in [0.2, 0.25) is 0 Å². The fraction of sp³-hybridized carbons (Fsp3) is 0.467. The molecule has 1 aromatic rings. The van der Waals surface area contributed by atoms with Crippen LogP contribution in [0, 0.1) is 16.0 Å². The van der Waals surface area contributed by atoms with Crippen LogP contribution in [-0.4, -0.2) is 27.9 Å². The Balaban J connectivity index is 2.04. The van der Waals surface area contributed by atoms with Crippen molar-refractivity contribution in [1.82, 2.24) is 5.32 Å². The number of carbonyl (C=O) groups excluding carboxylic acids is 1. The highest BCUT2D eigenvalue weighted by Crippen LogP contribution is 2.25. The third-order valence-corrected chi connectivity index (χ3v) is 3.97. The molecule has 0 unspecified atom stereocenters. The average molecular weight is 306 g/mol. The van der Waals surface area contributed by atoms with E-state index in [4.69, 9.17) is 0 Å². The van der Waals surface area contributed by atoms with E-state index < -0.39 is 22.9 Å². The topological polar surface area (TPSA) is 110 Å². The second-order valence-corrected chi connectivity index (χ2v) is 5.47. The number of nitro groups is 1. The Kier molecular flexibility index (Phi) is 5.08. The third-order valence-electron chi connectivity index (χ3n) is 3.97. The molecule has 2 N–H and O–H groups in total. The van der Waals surface area contributed by atoms with Crippen LogP contribution in [0.4, 0.5) is 5.69 Å². The Morgan fingerprint density at radius 2 is 1.95 bits per heavy atom. The summed E-state index contributed by atoms with van der Waals surface area (Å²) in [6, 6.07) is 5.66. The lowest BCUT2D eigenvalue weighted by molar-refractivity contribution is -0.385. The van der Waals surface area contributed by atoms with Gasteiger partial charge in [-0.05, 0) is 12.8 Å². The van der Waals surface area contributed by atoms with Gasteiger partial charge in [0.25, 0.3) is 5.69 Å². The number of rotatable bonds is 5. The summed E-state index contributed by atoms with van der Waals surface area (Å²) in [7, 11) is 0. The van der Waals surface area contributed by atoms with Crippen LogP contribution < -0.4 is 5.32 Å². The number of aliphatic carboxylic acids is 1. The van der Waals surface area contributed by atoms with E-state index in [0.717, 1.165) is 12.8 Å². The summed E-state index contributed by atoms with van der Waals surface area (Å²) < 4.78 is 0. The predicted octanol–water partition coefficient (Wildman–Crippen LogP) is 1.90. The van der Waals surface area contributed by atoms with Crippen molar-refractivity contribution in [2.75, 3.05) is 0 Å². The lowest BCUT2D eigenvalue weighted by Crippen LogP contribution is -2.45. The van der Waals surface area contributed by atoms with Crippen molar-refractivity contribution in [3.05, 3.63) is 39.9 Å². The van der Waals surface area contributed by atoms with E-state index in [1.54, 1.807) is 12.1 Å². The van der Waals surface area contributed by atoms with Crippen LogP contribution >= 0.6 is 0 Å². The van der Waals surface area contributed by atoms with E-state index in [1.165, 1.54) is 12.1 Å². The molecule has 2 atom stereocenters. The number of nitro benzene ring substituents is 1. The molecule has 1 fully saturated rings. The standard InChI is InChI=1S/C15H18N2O5/c18-14(9-10-5-1-4-8-13(10)17(21)22)16-12-7-3-2-6-11(12)15(19)20/h1,4-5,8,11-12H,2-3,6-7,9H2,(H,16,18)(H,19,20)/t11-,12+/m0/s1. The highest BCUT2D eigenvalue weighted by atomic mass is 16.6. The molecule has 0 heterocycles. The van der Waals surface area contributed by atoms with E-state index in [0.29, 0.717) is 18.4 Å². The van der Waals surface area contributed by atoms with Crippen molar-refractivity contribution in [3.8, 4) is 0 Å². The number of nitrogens with zero attached hydrogens (tertiary/aromatic N) is 1. The van der Waals surface area contributed by atoms with Crippen molar-refractivity contribution in [1.29, 1.82) is 0 Å². The van der Waals surface area contributed by atoms with Crippen molar-refractivity contribution < 1.29 is 19.6 Å². The van der Waals surface area contributed by atoms with E-state index in [9.17, 15) is 24.8 Å². The van der Waals surface area contributed by atoms with Gasteiger partial charge in [-0.15, -0.1) is 0 Å². The van der Waals surface area contributed by atoms with Gasteiger partial charge in [0, 0.05) is 17.7 Å². The van der Waals surface area contributed by atoms with Gasteiger partial charge in [-0.25, -0.2) is 0 Å². The largest absolute Gasteiger partial charge is 0.481 e. The number of hydrogen-bond donors (Lipinski definition) is 2. The number of nitrogens with one attached hydrogen (secondary N) is 1. The van der Waals surface area contributed by atoms with Crippen LogP contribution in [0.1, 0.15) is 31.2 Å². The first-order valence-corrected chi connectivity index (χ1v) is 7.23. The van der Waals surface area contributed by atoms with Crippen molar-refractivity contribution in [2.45, 2.75) is 38.1 Å². The van der Waals surface area contributed by atoms with Gasteiger partial charge >= 0.3 is 5.97 Å². The molecule has 0 saturated heterocycles. The Bertz CT molecular complexity index is 587. The first kappa shape index (κ1) is 15.9. The maximum atomic E-state index is 12.1. The molecule has 1 amide bonds. The van der Waals surface area contributed by atoms with Gasteiger partial charge in [0.15, 0.2) is 0 Å². The highest BCUT2D eigenvalue weighted by Gasteiger charge is 2.32. The molecule has 0 aromatic heterocycles. The van der Waals surface area contributed by atoms with Crippen LogP contribution in [-0.2, 0) is 16.0 Å². The molecule has 1 aliphatic rings. The first-order chi connectivity index (χ1) is 10.5. The second-order valence-electron chi connectivity index (χ2n) is 5.47. The molecule has 1 aromatic carbocycles. The molecular weight excluding hydrogens is 288 g/mol. The summed E-state index contributed by atoms with van der Waals surface area (Å²) >= 11 is 0. The number of carboxylic acid groups (broad SMARTS) is 1. The molecule has 22 heavy (non-hydrogen) atoms. The zero-order valence-corrected chi connectivity index (χ0v) is 12.0. The number of amides is 1. The van der Waals surface area contributed by atoms with Gasteiger partial charge in [-0.2, -0.15) is 0 Å². The van der Waals surface area contributed by atoms with E-state index in [2.05, 4.69) is 5.32 Å². The lowest BCUT2D eigenvalue weighted by Gasteiger charge is -2.29. The van der Waals surface area contributed by atoms with Gasteiger partial charge < -0.3 is 10.4 Å².